The SMILES string of the molecule is COC(=O)c1ccc(F)c(CNc2nc(C(C)C)ns2)c1. The lowest BCUT2D eigenvalue weighted by molar-refractivity contribution is 0.0600. The Labute approximate surface area is 126 Å². The smallest absolute Gasteiger partial charge is 0.337 e. The van der Waals surface area contributed by atoms with E-state index >= 15 is 0 Å². The van der Waals surface area contributed by atoms with Crippen molar-refractivity contribution in [2.75, 3.05) is 12.4 Å². The van der Waals surface area contributed by atoms with Crippen molar-refractivity contribution in [2.24, 2.45) is 0 Å². The number of aromatic nitrogens is 2. The fourth-order valence-corrected chi connectivity index (χ4v) is 2.37. The summed E-state index contributed by atoms with van der Waals surface area (Å²) in [6, 6.07) is 4.12. The summed E-state index contributed by atoms with van der Waals surface area (Å²) in [6.45, 7) is 4.24. The summed E-state index contributed by atoms with van der Waals surface area (Å²) in [5.74, 6) is 0.125. The van der Waals surface area contributed by atoms with Crippen molar-refractivity contribution in [3.05, 3.63) is 41.0 Å². The van der Waals surface area contributed by atoms with Crippen LogP contribution in [0.1, 0.15) is 41.5 Å². The molecule has 112 valence electrons. The minimum Gasteiger partial charge on any atom is -0.465 e. The van der Waals surface area contributed by atoms with Gasteiger partial charge in [0.15, 0.2) is 0 Å². The second kappa shape index (κ2) is 6.62. The first-order valence-corrected chi connectivity index (χ1v) is 7.22. The van der Waals surface area contributed by atoms with Crippen LogP contribution in [-0.4, -0.2) is 22.4 Å². The molecule has 0 atom stereocenters. The van der Waals surface area contributed by atoms with Crippen molar-refractivity contribution >= 4 is 22.6 Å². The van der Waals surface area contributed by atoms with E-state index < -0.39 is 5.97 Å². The van der Waals surface area contributed by atoms with E-state index in [4.69, 9.17) is 0 Å². The first-order chi connectivity index (χ1) is 10.0. The summed E-state index contributed by atoms with van der Waals surface area (Å²) in [5, 5.41) is 3.64. The number of nitrogens with one attached hydrogen (secondary N) is 1. The van der Waals surface area contributed by atoms with Gasteiger partial charge in [0.1, 0.15) is 11.6 Å². The Morgan fingerprint density at radius 2 is 2.24 bits per heavy atom. The molecule has 0 aliphatic rings. The minimum atomic E-state index is -0.491. The number of rotatable bonds is 5. The van der Waals surface area contributed by atoms with Crippen LogP contribution >= 0.6 is 11.5 Å². The lowest BCUT2D eigenvalue weighted by Gasteiger charge is -2.06. The predicted molar refractivity (Wildman–Crippen MR) is 79.1 cm³/mol. The van der Waals surface area contributed by atoms with Gasteiger partial charge in [-0.3, -0.25) is 0 Å². The van der Waals surface area contributed by atoms with E-state index in [1.807, 2.05) is 13.8 Å². The molecule has 21 heavy (non-hydrogen) atoms. The van der Waals surface area contributed by atoms with Gasteiger partial charge in [-0.15, -0.1) is 0 Å². The van der Waals surface area contributed by atoms with Gasteiger partial charge in [-0.2, -0.15) is 4.37 Å². The van der Waals surface area contributed by atoms with Gasteiger partial charge in [0, 0.05) is 29.6 Å². The van der Waals surface area contributed by atoms with Gasteiger partial charge in [0.05, 0.1) is 12.7 Å². The molecule has 0 radical (unpaired) electrons. The maximum absolute atomic E-state index is 13.7. The lowest BCUT2D eigenvalue weighted by Crippen LogP contribution is -2.06. The standard InChI is InChI=1S/C14H16FN3O2S/c1-8(2)12-17-14(21-18-12)16-7-10-6-9(13(19)20-3)4-5-11(10)15/h4-6,8H,7H2,1-3H3,(H,16,17,18). The Bertz CT molecular complexity index is 643. The zero-order chi connectivity index (χ0) is 15.4. The molecule has 0 spiro atoms. The van der Waals surface area contributed by atoms with E-state index in [1.165, 1.54) is 36.8 Å². The van der Waals surface area contributed by atoms with Crippen molar-refractivity contribution < 1.29 is 13.9 Å². The number of carbonyl (C=O) groups is 1. The molecule has 0 amide bonds. The third-order valence-electron chi connectivity index (χ3n) is 2.86. The third kappa shape index (κ3) is 3.75. The van der Waals surface area contributed by atoms with Crippen LogP contribution in [0.4, 0.5) is 9.52 Å². The number of ether oxygens (including phenoxy) is 1. The zero-order valence-corrected chi connectivity index (χ0v) is 12.8. The highest BCUT2D eigenvalue weighted by Gasteiger charge is 2.11. The van der Waals surface area contributed by atoms with E-state index in [0.29, 0.717) is 16.3 Å². The quantitative estimate of drug-likeness (QED) is 0.859. The molecular formula is C14H16FN3O2S. The molecule has 0 saturated heterocycles. The molecule has 2 rings (SSSR count). The first kappa shape index (κ1) is 15.4. The maximum Gasteiger partial charge on any atom is 0.337 e. The summed E-state index contributed by atoms with van der Waals surface area (Å²) in [4.78, 5) is 15.8. The Kier molecular flexibility index (Phi) is 4.85. The molecule has 0 aliphatic heterocycles. The molecule has 1 aromatic carbocycles. The van der Waals surface area contributed by atoms with E-state index in [-0.39, 0.29) is 18.3 Å². The van der Waals surface area contributed by atoms with Crippen LogP contribution in [0.15, 0.2) is 18.2 Å². The molecule has 0 unspecified atom stereocenters. The van der Waals surface area contributed by atoms with Gasteiger partial charge in [0.25, 0.3) is 0 Å². The largest absolute Gasteiger partial charge is 0.465 e. The Hall–Kier alpha value is -2.02. The van der Waals surface area contributed by atoms with E-state index in [1.54, 1.807) is 0 Å². The van der Waals surface area contributed by atoms with Crippen molar-refractivity contribution in [1.29, 1.82) is 0 Å². The number of halogens is 1. The van der Waals surface area contributed by atoms with Crippen LogP contribution in [0.25, 0.3) is 0 Å². The van der Waals surface area contributed by atoms with Crippen molar-refractivity contribution in [2.45, 2.75) is 26.3 Å². The van der Waals surface area contributed by atoms with Gasteiger partial charge in [-0.05, 0) is 18.2 Å². The number of carbonyl (C=O) groups excluding carboxylic acids is 1. The second-order valence-electron chi connectivity index (χ2n) is 4.76. The molecule has 0 saturated carbocycles. The number of benzene rings is 1. The highest BCUT2D eigenvalue weighted by atomic mass is 32.1. The van der Waals surface area contributed by atoms with Crippen LogP contribution in [-0.2, 0) is 11.3 Å². The average molecular weight is 309 g/mol. The highest BCUT2D eigenvalue weighted by molar-refractivity contribution is 7.09. The van der Waals surface area contributed by atoms with Gasteiger partial charge >= 0.3 is 5.97 Å². The highest BCUT2D eigenvalue weighted by Crippen LogP contribution is 2.19. The Balaban J connectivity index is 2.09. The number of hydrogen-bond acceptors (Lipinski definition) is 6. The Morgan fingerprint density at radius 3 is 2.86 bits per heavy atom. The molecule has 2 aromatic rings. The van der Waals surface area contributed by atoms with Crippen LogP contribution in [0.3, 0.4) is 0 Å². The number of hydrogen-bond donors (Lipinski definition) is 1. The summed E-state index contributed by atoms with van der Waals surface area (Å²) in [6.07, 6.45) is 0. The topological polar surface area (TPSA) is 64.1 Å². The van der Waals surface area contributed by atoms with E-state index in [0.717, 1.165) is 5.82 Å². The molecule has 1 aromatic heterocycles. The number of esters is 1. The fraction of sp³-hybridized carbons (Fsp3) is 0.357. The molecule has 5 nitrogen and oxygen atoms in total. The fourth-order valence-electron chi connectivity index (χ4n) is 1.67. The van der Waals surface area contributed by atoms with Gasteiger partial charge in [-0.25, -0.2) is 14.2 Å². The number of methoxy groups -OCH3 is 1. The molecule has 0 aliphatic carbocycles. The maximum atomic E-state index is 13.7. The monoisotopic (exact) mass is 309 g/mol. The predicted octanol–water partition coefficient (Wildman–Crippen LogP) is 3.20. The molecule has 0 bridgehead atoms. The lowest BCUT2D eigenvalue weighted by atomic mass is 10.1. The van der Waals surface area contributed by atoms with Crippen LogP contribution < -0.4 is 5.32 Å². The summed E-state index contributed by atoms with van der Waals surface area (Å²) >= 11 is 1.23. The second-order valence-corrected chi connectivity index (χ2v) is 5.52. The van der Waals surface area contributed by atoms with Crippen LogP contribution in [0.5, 0.6) is 0 Å². The van der Waals surface area contributed by atoms with E-state index in [9.17, 15) is 9.18 Å². The molecule has 0 fully saturated rings. The van der Waals surface area contributed by atoms with Crippen LogP contribution in [0, 0.1) is 5.82 Å². The Morgan fingerprint density at radius 1 is 1.48 bits per heavy atom. The minimum absolute atomic E-state index is 0.226. The normalized spacial score (nSPS) is 10.7. The summed E-state index contributed by atoms with van der Waals surface area (Å²) < 4.78 is 22.6. The van der Waals surface area contributed by atoms with Crippen molar-refractivity contribution in [3.63, 3.8) is 0 Å². The zero-order valence-electron chi connectivity index (χ0n) is 12.0. The van der Waals surface area contributed by atoms with E-state index in [2.05, 4.69) is 19.4 Å². The first-order valence-electron chi connectivity index (χ1n) is 6.45. The van der Waals surface area contributed by atoms with Gasteiger partial charge in [-0.1, -0.05) is 13.8 Å². The molecule has 1 N–H and O–H groups in total. The van der Waals surface area contributed by atoms with Crippen molar-refractivity contribution in [3.8, 4) is 0 Å². The molecular weight excluding hydrogens is 293 g/mol. The number of nitrogens with zero attached hydrogens (tertiary/aromatic N) is 2. The van der Waals surface area contributed by atoms with Gasteiger partial charge in [0.2, 0.25) is 5.13 Å². The van der Waals surface area contributed by atoms with Gasteiger partial charge < -0.3 is 10.1 Å². The van der Waals surface area contributed by atoms with Crippen molar-refractivity contribution in [1.82, 2.24) is 9.36 Å². The number of anilines is 1. The molecule has 7 heteroatoms. The van der Waals surface area contributed by atoms with Crippen LogP contribution in [0.2, 0.25) is 0 Å². The molecule has 1 heterocycles. The summed E-state index contributed by atoms with van der Waals surface area (Å²) in [7, 11) is 1.29. The third-order valence-corrected chi connectivity index (χ3v) is 3.54. The average Bonchev–Trinajstić information content (AvgIpc) is 2.94. The summed E-state index contributed by atoms with van der Waals surface area (Å²) in [5.41, 5.74) is 0.690.